The van der Waals surface area contributed by atoms with Gasteiger partial charge in [0, 0.05) is 6.54 Å². The van der Waals surface area contributed by atoms with Crippen molar-refractivity contribution in [3.05, 3.63) is 35.6 Å². The van der Waals surface area contributed by atoms with Gasteiger partial charge in [0.2, 0.25) is 0 Å². The van der Waals surface area contributed by atoms with Crippen LogP contribution in [0.3, 0.4) is 0 Å². The summed E-state index contributed by atoms with van der Waals surface area (Å²) >= 11 is 0. The fourth-order valence-electron chi connectivity index (χ4n) is 1.86. The lowest BCUT2D eigenvalue weighted by atomic mass is 10.1. The van der Waals surface area contributed by atoms with Crippen LogP contribution in [0.15, 0.2) is 24.3 Å². The lowest BCUT2D eigenvalue weighted by Gasteiger charge is -2.31. The summed E-state index contributed by atoms with van der Waals surface area (Å²) in [5, 5.41) is 3.34. The fourth-order valence-corrected chi connectivity index (χ4v) is 1.86. The first-order chi connectivity index (χ1) is 8.79. The van der Waals surface area contributed by atoms with Crippen LogP contribution in [0, 0.1) is 5.82 Å². The standard InChI is InChI=1S/C14H20FNO2/c1-2-7-16-8-14(18-13-9-17-10-13)11-3-5-12(15)6-4-11/h3-6,13-14,16H,2,7-10H2,1H3. The van der Waals surface area contributed by atoms with Gasteiger partial charge in [-0.05, 0) is 30.7 Å². The molecular formula is C14H20FNO2. The number of nitrogens with one attached hydrogen (secondary N) is 1. The van der Waals surface area contributed by atoms with E-state index < -0.39 is 0 Å². The van der Waals surface area contributed by atoms with Crippen molar-refractivity contribution in [1.29, 1.82) is 0 Å². The number of hydrogen-bond acceptors (Lipinski definition) is 3. The highest BCUT2D eigenvalue weighted by Crippen LogP contribution is 2.21. The van der Waals surface area contributed by atoms with Crippen molar-refractivity contribution < 1.29 is 13.9 Å². The van der Waals surface area contributed by atoms with E-state index in [0.717, 1.165) is 25.1 Å². The highest BCUT2D eigenvalue weighted by molar-refractivity contribution is 5.19. The monoisotopic (exact) mass is 253 g/mol. The van der Waals surface area contributed by atoms with Gasteiger partial charge >= 0.3 is 0 Å². The summed E-state index contributed by atoms with van der Waals surface area (Å²) in [6.07, 6.45) is 1.22. The van der Waals surface area contributed by atoms with E-state index in [9.17, 15) is 4.39 Å². The Bertz CT molecular complexity index is 351. The highest BCUT2D eigenvalue weighted by atomic mass is 19.1. The molecule has 18 heavy (non-hydrogen) atoms. The fraction of sp³-hybridized carbons (Fsp3) is 0.571. The summed E-state index contributed by atoms with van der Waals surface area (Å²) in [5.41, 5.74) is 1.01. The Labute approximate surface area is 107 Å². The molecule has 1 aliphatic heterocycles. The molecule has 4 heteroatoms. The van der Waals surface area contributed by atoms with Gasteiger partial charge in [0.1, 0.15) is 11.9 Å². The molecule has 1 N–H and O–H groups in total. The van der Waals surface area contributed by atoms with E-state index in [1.54, 1.807) is 12.1 Å². The zero-order chi connectivity index (χ0) is 12.8. The van der Waals surface area contributed by atoms with Crippen LogP contribution < -0.4 is 5.32 Å². The lowest BCUT2D eigenvalue weighted by molar-refractivity contribution is -0.155. The molecular weight excluding hydrogens is 233 g/mol. The summed E-state index contributed by atoms with van der Waals surface area (Å²) < 4.78 is 24.0. The molecule has 0 amide bonds. The molecule has 1 aromatic carbocycles. The van der Waals surface area contributed by atoms with Crippen molar-refractivity contribution in [3.63, 3.8) is 0 Å². The average Bonchev–Trinajstić information content (AvgIpc) is 2.33. The molecule has 0 aliphatic carbocycles. The van der Waals surface area contributed by atoms with Crippen LogP contribution in [0.25, 0.3) is 0 Å². The maximum atomic E-state index is 12.9. The van der Waals surface area contributed by atoms with E-state index >= 15 is 0 Å². The average molecular weight is 253 g/mol. The zero-order valence-electron chi connectivity index (χ0n) is 10.7. The number of halogens is 1. The largest absolute Gasteiger partial charge is 0.376 e. The molecule has 3 nitrogen and oxygen atoms in total. The molecule has 0 bridgehead atoms. The Hall–Kier alpha value is -0.970. The molecule has 2 rings (SSSR count). The van der Waals surface area contributed by atoms with Gasteiger partial charge in [-0.15, -0.1) is 0 Å². The summed E-state index contributed by atoms with van der Waals surface area (Å²) in [5.74, 6) is -0.217. The second-order valence-electron chi connectivity index (χ2n) is 4.54. The van der Waals surface area contributed by atoms with E-state index in [1.165, 1.54) is 12.1 Å². The van der Waals surface area contributed by atoms with Gasteiger partial charge < -0.3 is 14.8 Å². The van der Waals surface area contributed by atoms with Gasteiger partial charge in [-0.25, -0.2) is 4.39 Å². The van der Waals surface area contributed by atoms with Crippen molar-refractivity contribution in [3.8, 4) is 0 Å². The number of rotatable bonds is 7. The maximum absolute atomic E-state index is 12.9. The van der Waals surface area contributed by atoms with Crippen LogP contribution in [0.1, 0.15) is 25.0 Å². The van der Waals surface area contributed by atoms with E-state index in [4.69, 9.17) is 9.47 Å². The molecule has 0 spiro atoms. The predicted molar refractivity (Wildman–Crippen MR) is 68.0 cm³/mol. The quantitative estimate of drug-likeness (QED) is 0.756. The second-order valence-corrected chi connectivity index (χ2v) is 4.54. The Kier molecular flexibility index (Phi) is 5.11. The summed E-state index contributed by atoms with van der Waals surface area (Å²) in [6, 6.07) is 6.52. The van der Waals surface area contributed by atoms with Crippen LogP contribution in [0.4, 0.5) is 4.39 Å². The van der Waals surface area contributed by atoms with Crippen molar-refractivity contribution in [2.45, 2.75) is 25.6 Å². The first-order valence-electron chi connectivity index (χ1n) is 6.49. The van der Waals surface area contributed by atoms with Gasteiger partial charge in [0.25, 0.3) is 0 Å². The number of hydrogen-bond donors (Lipinski definition) is 1. The number of benzene rings is 1. The normalized spacial score (nSPS) is 17.4. The molecule has 0 radical (unpaired) electrons. The molecule has 0 aromatic heterocycles. The van der Waals surface area contributed by atoms with Gasteiger partial charge in [-0.2, -0.15) is 0 Å². The molecule has 100 valence electrons. The van der Waals surface area contributed by atoms with Gasteiger partial charge in [-0.3, -0.25) is 0 Å². The minimum absolute atomic E-state index is 0.0361. The molecule has 1 aliphatic rings. The predicted octanol–water partition coefficient (Wildman–Crippen LogP) is 2.28. The van der Waals surface area contributed by atoms with Crippen LogP contribution >= 0.6 is 0 Å². The van der Waals surface area contributed by atoms with E-state index in [1.807, 2.05) is 0 Å². The molecule has 1 unspecified atom stereocenters. The minimum atomic E-state index is -0.217. The van der Waals surface area contributed by atoms with Crippen LogP contribution in [0.5, 0.6) is 0 Å². The van der Waals surface area contributed by atoms with Crippen molar-refractivity contribution in [1.82, 2.24) is 5.32 Å². The third-order valence-corrected chi connectivity index (χ3v) is 2.96. The van der Waals surface area contributed by atoms with Gasteiger partial charge in [0.15, 0.2) is 0 Å². The molecule has 1 saturated heterocycles. The van der Waals surface area contributed by atoms with Crippen LogP contribution in [-0.2, 0) is 9.47 Å². The Morgan fingerprint density at radius 3 is 2.67 bits per heavy atom. The van der Waals surface area contributed by atoms with Crippen molar-refractivity contribution in [2.75, 3.05) is 26.3 Å². The van der Waals surface area contributed by atoms with Crippen molar-refractivity contribution >= 4 is 0 Å². The van der Waals surface area contributed by atoms with Gasteiger partial charge in [0.05, 0.1) is 19.3 Å². The topological polar surface area (TPSA) is 30.5 Å². The molecule has 1 heterocycles. The lowest BCUT2D eigenvalue weighted by Crippen LogP contribution is -2.39. The third kappa shape index (κ3) is 3.77. The minimum Gasteiger partial charge on any atom is -0.376 e. The first-order valence-corrected chi connectivity index (χ1v) is 6.49. The first kappa shape index (κ1) is 13.5. The highest BCUT2D eigenvalue weighted by Gasteiger charge is 2.24. The third-order valence-electron chi connectivity index (χ3n) is 2.96. The maximum Gasteiger partial charge on any atom is 0.123 e. The van der Waals surface area contributed by atoms with E-state index in [-0.39, 0.29) is 18.0 Å². The molecule has 0 saturated carbocycles. The Morgan fingerprint density at radius 2 is 2.11 bits per heavy atom. The van der Waals surface area contributed by atoms with Crippen molar-refractivity contribution in [2.24, 2.45) is 0 Å². The van der Waals surface area contributed by atoms with Gasteiger partial charge in [-0.1, -0.05) is 19.1 Å². The van der Waals surface area contributed by atoms with E-state index in [2.05, 4.69) is 12.2 Å². The van der Waals surface area contributed by atoms with Crippen LogP contribution in [0.2, 0.25) is 0 Å². The Balaban J connectivity index is 1.95. The second kappa shape index (κ2) is 6.83. The molecule has 1 fully saturated rings. The smallest absolute Gasteiger partial charge is 0.123 e. The van der Waals surface area contributed by atoms with Crippen LogP contribution in [-0.4, -0.2) is 32.4 Å². The summed E-state index contributed by atoms with van der Waals surface area (Å²) in [4.78, 5) is 0. The molecule has 1 aromatic rings. The summed E-state index contributed by atoms with van der Waals surface area (Å²) in [7, 11) is 0. The summed E-state index contributed by atoms with van der Waals surface area (Å²) in [6.45, 7) is 5.15. The zero-order valence-corrected chi connectivity index (χ0v) is 10.7. The molecule has 1 atom stereocenters. The number of ether oxygens (including phenoxy) is 2. The Morgan fingerprint density at radius 1 is 1.39 bits per heavy atom. The van der Waals surface area contributed by atoms with E-state index in [0.29, 0.717) is 13.2 Å². The SMILES string of the molecule is CCCNCC(OC1COC1)c1ccc(F)cc1.